The van der Waals surface area contributed by atoms with E-state index in [9.17, 15) is 4.79 Å². The van der Waals surface area contributed by atoms with Crippen LogP contribution in [0.5, 0.6) is 5.75 Å². The van der Waals surface area contributed by atoms with E-state index in [2.05, 4.69) is 5.32 Å². The standard InChI is InChI=1S/C15H13NO3/c17-15(18)13-9-19-14-7-6-11(8-12(14)16-13)10-4-2-1-3-5-10/h1-8,13,16H,9H2,(H,17,18). The van der Waals surface area contributed by atoms with E-state index in [0.717, 1.165) is 16.8 Å². The molecular formula is C15H13NO3. The predicted octanol–water partition coefficient (Wildman–Crippen LogP) is 2.61. The van der Waals surface area contributed by atoms with Gasteiger partial charge in [0.15, 0.2) is 6.04 Å². The fourth-order valence-electron chi connectivity index (χ4n) is 2.11. The smallest absolute Gasteiger partial charge is 0.329 e. The lowest BCUT2D eigenvalue weighted by Gasteiger charge is -2.25. The summed E-state index contributed by atoms with van der Waals surface area (Å²) in [5.41, 5.74) is 2.84. The molecule has 0 aliphatic carbocycles. The second-order valence-electron chi connectivity index (χ2n) is 4.42. The fraction of sp³-hybridized carbons (Fsp3) is 0.133. The SMILES string of the molecule is O=C(O)C1COc2ccc(-c3ccccc3)cc2N1. The van der Waals surface area contributed by atoms with E-state index in [1.807, 2.05) is 48.5 Å². The number of carboxylic acid groups (broad SMARTS) is 1. The number of hydrogen-bond acceptors (Lipinski definition) is 3. The number of nitrogens with one attached hydrogen (secondary N) is 1. The largest absolute Gasteiger partial charge is 0.489 e. The quantitative estimate of drug-likeness (QED) is 0.866. The number of fused-ring (bicyclic) bond motifs is 1. The molecule has 4 heteroatoms. The minimum absolute atomic E-state index is 0.146. The van der Waals surface area contributed by atoms with Crippen LogP contribution in [0.2, 0.25) is 0 Å². The molecule has 1 heterocycles. The molecule has 0 radical (unpaired) electrons. The summed E-state index contributed by atoms with van der Waals surface area (Å²) in [6.07, 6.45) is 0. The maximum absolute atomic E-state index is 11.0. The van der Waals surface area contributed by atoms with Crippen LogP contribution < -0.4 is 10.1 Å². The summed E-state index contributed by atoms with van der Waals surface area (Å²) in [6, 6.07) is 15.0. The minimum Gasteiger partial charge on any atom is -0.489 e. The average molecular weight is 255 g/mol. The molecule has 1 aliphatic heterocycles. The van der Waals surface area contributed by atoms with Crippen LogP contribution in [0.1, 0.15) is 0 Å². The van der Waals surface area contributed by atoms with Gasteiger partial charge in [-0.25, -0.2) is 4.79 Å². The highest BCUT2D eigenvalue weighted by atomic mass is 16.5. The van der Waals surface area contributed by atoms with E-state index < -0.39 is 12.0 Å². The number of rotatable bonds is 2. The first-order valence-electron chi connectivity index (χ1n) is 6.05. The van der Waals surface area contributed by atoms with Gasteiger partial charge in [0.25, 0.3) is 0 Å². The van der Waals surface area contributed by atoms with Gasteiger partial charge in [-0.1, -0.05) is 36.4 Å². The number of carboxylic acids is 1. The van der Waals surface area contributed by atoms with Gasteiger partial charge in [-0.3, -0.25) is 0 Å². The molecule has 0 amide bonds. The fourth-order valence-corrected chi connectivity index (χ4v) is 2.11. The third kappa shape index (κ3) is 2.25. The molecule has 0 saturated heterocycles. The lowest BCUT2D eigenvalue weighted by atomic mass is 10.0. The second kappa shape index (κ2) is 4.65. The van der Waals surface area contributed by atoms with Gasteiger partial charge in [0.1, 0.15) is 12.4 Å². The first kappa shape index (κ1) is 11.6. The summed E-state index contributed by atoms with van der Waals surface area (Å²) in [4.78, 5) is 11.0. The van der Waals surface area contributed by atoms with Crippen molar-refractivity contribution in [3.8, 4) is 16.9 Å². The second-order valence-corrected chi connectivity index (χ2v) is 4.42. The molecule has 0 aromatic heterocycles. The first-order valence-corrected chi connectivity index (χ1v) is 6.05. The van der Waals surface area contributed by atoms with Gasteiger partial charge in [-0.2, -0.15) is 0 Å². The Bertz CT molecular complexity index is 610. The lowest BCUT2D eigenvalue weighted by molar-refractivity contribution is -0.138. The zero-order valence-electron chi connectivity index (χ0n) is 10.2. The lowest BCUT2D eigenvalue weighted by Crippen LogP contribution is -2.38. The Hall–Kier alpha value is -2.49. The van der Waals surface area contributed by atoms with E-state index in [-0.39, 0.29) is 6.61 Å². The van der Waals surface area contributed by atoms with E-state index in [1.165, 1.54) is 0 Å². The van der Waals surface area contributed by atoms with Crippen LogP contribution in [0, 0.1) is 0 Å². The first-order chi connectivity index (χ1) is 9.24. The van der Waals surface area contributed by atoms with Crippen molar-refractivity contribution in [3.63, 3.8) is 0 Å². The predicted molar refractivity (Wildman–Crippen MR) is 72.4 cm³/mol. The maximum atomic E-state index is 11.0. The van der Waals surface area contributed by atoms with Crippen molar-refractivity contribution in [1.29, 1.82) is 0 Å². The third-order valence-electron chi connectivity index (χ3n) is 3.12. The molecule has 0 spiro atoms. The Balaban J connectivity index is 1.95. The highest BCUT2D eigenvalue weighted by Crippen LogP contribution is 2.33. The van der Waals surface area contributed by atoms with Crippen molar-refractivity contribution in [2.75, 3.05) is 11.9 Å². The zero-order valence-corrected chi connectivity index (χ0v) is 10.2. The van der Waals surface area contributed by atoms with Gasteiger partial charge in [0.2, 0.25) is 0 Å². The average Bonchev–Trinajstić information content (AvgIpc) is 2.47. The maximum Gasteiger partial charge on any atom is 0.329 e. The van der Waals surface area contributed by atoms with Crippen LogP contribution in [0.3, 0.4) is 0 Å². The normalized spacial score (nSPS) is 16.9. The van der Waals surface area contributed by atoms with E-state index >= 15 is 0 Å². The molecule has 2 aromatic carbocycles. The Morgan fingerprint density at radius 1 is 1.16 bits per heavy atom. The molecule has 1 aliphatic rings. The molecule has 4 nitrogen and oxygen atoms in total. The molecule has 3 rings (SSSR count). The van der Waals surface area contributed by atoms with E-state index in [1.54, 1.807) is 0 Å². The van der Waals surface area contributed by atoms with Crippen molar-refractivity contribution in [3.05, 3.63) is 48.5 Å². The number of benzene rings is 2. The Kier molecular flexibility index (Phi) is 2.83. The van der Waals surface area contributed by atoms with Crippen LogP contribution in [0.15, 0.2) is 48.5 Å². The van der Waals surface area contributed by atoms with Crippen LogP contribution in [0.4, 0.5) is 5.69 Å². The summed E-state index contributed by atoms with van der Waals surface area (Å²) in [5, 5.41) is 12.0. The summed E-state index contributed by atoms with van der Waals surface area (Å²) >= 11 is 0. The molecule has 2 N–H and O–H groups in total. The van der Waals surface area contributed by atoms with Gasteiger partial charge < -0.3 is 15.2 Å². The summed E-state index contributed by atoms with van der Waals surface area (Å²) in [6.45, 7) is 0.146. The highest BCUT2D eigenvalue weighted by molar-refractivity contribution is 5.81. The van der Waals surface area contributed by atoms with Gasteiger partial charge >= 0.3 is 5.97 Å². The molecule has 19 heavy (non-hydrogen) atoms. The summed E-state index contributed by atoms with van der Waals surface area (Å²) in [7, 11) is 0. The number of anilines is 1. The molecule has 0 saturated carbocycles. The van der Waals surface area contributed by atoms with E-state index in [0.29, 0.717) is 5.75 Å². The number of aliphatic carboxylic acids is 1. The molecule has 1 unspecified atom stereocenters. The van der Waals surface area contributed by atoms with Crippen molar-refractivity contribution < 1.29 is 14.6 Å². The number of hydrogen-bond donors (Lipinski definition) is 2. The summed E-state index contributed by atoms with van der Waals surface area (Å²) < 4.78 is 5.44. The van der Waals surface area contributed by atoms with Gasteiger partial charge in [0.05, 0.1) is 5.69 Å². The third-order valence-corrected chi connectivity index (χ3v) is 3.12. The van der Waals surface area contributed by atoms with Crippen molar-refractivity contribution in [2.45, 2.75) is 6.04 Å². The topological polar surface area (TPSA) is 58.6 Å². The van der Waals surface area contributed by atoms with Crippen molar-refractivity contribution in [1.82, 2.24) is 0 Å². The number of ether oxygens (including phenoxy) is 1. The van der Waals surface area contributed by atoms with E-state index in [4.69, 9.17) is 9.84 Å². The Labute approximate surface area is 110 Å². The minimum atomic E-state index is -0.907. The van der Waals surface area contributed by atoms with Crippen molar-refractivity contribution >= 4 is 11.7 Å². The van der Waals surface area contributed by atoms with Crippen LogP contribution in [-0.2, 0) is 4.79 Å². The van der Waals surface area contributed by atoms with Crippen molar-refractivity contribution in [2.24, 2.45) is 0 Å². The molecule has 0 bridgehead atoms. The van der Waals surface area contributed by atoms with Crippen LogP contribution >= 0.6 is 0 Å². The summed E-state index contributed by atoms with van der Waals surface area (Å²) in [5.74, 6) is -0.215. The van der Waals surface area contributed by atoms with Crippen LogP contribution in [-0.4, -0.2) is 23.7 Å². The highest BCUT2D eigenvalue weighted by Gasteiger charge is 2.24. The van der Waals surface area contributed by atoms with Gasteiger partial charge in [-0.15, -0.1) is 0 Å². The van der Waals surface area contributed by atoms with Gasteiger partial charge in [-0.05, 0) is 23.3 Å². The molecule has 1 atom stereocenters. The van der Waals surface area contributed by atoms with Gasteiger partial charge in [0, 0.05) is 0 Å². The Morgan fingerprint density at radius 2 is 1.95 bits per heavy atom. The molecule has 96 valence electrons. The molecule has 0 fully saturated rings. The molecular weight excluding hydrogens is 242 g/mol. The van der Waals surface area contributed by atoms with Crippen LogP contribution in [0.25, 0.3) is 11.1 Å². The number of carbonyl (C=O) groups is 1. The molecule has 2 aromatic rings. The monoisotopic (exact) mass is 255 g/mol. The zero-order chi connectivity index (χ0) is 13.2. The Morgan fingerprint density at radius 3 is 2.68 bits per heavy atom.